The van der Waals surface area contributed by atoms with Crippen LogP contribution < -0.4 is 5.32 Å². The van der Waals surface area contributed by atoms with Gasteiger partial charge in [0.1, 0.15) is 0 Å². The van der Waals surface area contributed by atoms with Crippen LogP contribution in [0.3, 0.4) is 0 Å². The topological polar surface area (TPSA) is 21.3 Å². The highest BCUT2D eigenvalue weighted by Crippen LogP contribution is 2.27. The van der Waals surface area contributed by atoms with Gasteiger partial charge in [0, 0.05) is 18.3 Å². The minimum Gasteiger partial charge on any atom is -0.382 e. The summed E-state index contributed by atoms with van der Waals surface area (Å²) in [4.78, 5) is 0. The summed E-state index contributed by atoms with van der Waals surface area (Å²) in [5.74, 6) is 0. The van der Waals surface area contributed by atoms with Crippen LogP contribution in [0.5, 0.6) is 0 Å². The Balaban J connectivity index is 1.65. The van der Waals surface area contributed by atoms with Gasteiger partial charge in [-0.1, -0.05) is 13.0 Å². The normalized spacial score (nSPS) is 26.9. The molecule has 98 valence electrons. The maximum atomic E-state index is 5.73. The van der Waals surface area contributed by atoms with E-state index in [0.717, 1.165) is 25.9 Å². The van der Waals surface area contributed by atoms with E-state index in [1.54, 1.807) is 11.1 Å². The Hall–Kier alpha value is -1.02. The van der Waals surface area contributed by atoms with Crippen molar-refractivity contribution in [1.29, 1.82) is 0 Å². The van der Waals surface area contributed by atoms with E-state index in [2.05, 4.69) is 30.4 Å². The van der Waals surface area contributed by atoms with Gasteiger partial charge in [0.2, 0.25) is 0 Å². The van der Waals surface area contributed by atoms with Gasteiger partial charge < -0.3 is 10.1 Å². The third-order valence-electron chi connectivity index (χ3n) is 4.29. The summed E-state index contributed by atoms with van der Waals surface area (Å²) < 4.78 is 5.73. The fourth-order valence-electron chi connectivity index (χ4n) is 3.19. The van der Waals surface area contributed by atoms with E-state index in [1.165, 1.54) is 24.9 Å². The molecule has 1 aliphatic carbocycles. The third kappa shape index (κ3) is 2.54. The molecule has 2 heteroatoms. The van der Waals surface area contributed by atoms with Crippen molar-refractivity contribution in [3.05, 3.63) is 29.3 Å². The van der Waals surface area contributed by atoms with Crippen molar-refractivity contribution in [3.8, 4) is 0 Å². The van der Waals surface area contributed by atoms with Gasteiger partial charge in [0.05, 0.1) is 6.10 Å². The summed E-state index contributed by atoms with van der Waals surface area (Å²) in [5, 5.41) is 3.69. The fraction of sp³-hybridized carbons (Fsp3) is 0.625. The number of benzene rings is 1. The zero-order valence-corrected chi connectivity index (χ0v) is 11.2. The van der Waals surface area contributed by atoms with Crippen molar-refractivity contribution in [1.82, 2.24) is 0 Å². The Kier molecular flexibility index (Phi) is 3.55. The first-order valence-electron chi connectivity index (χ1n) is 7.35. The second-order valence-electron chi connectivity index (χ2n) is 5.60. The van der Waals surface area contributed by atoms with Crippen LogP contribution in [0.15, 0.2) is 18.2 Å². The van der Waals surface area contributed by atoms with Crippen LogP contribution in [-0.4, -0.2) is 18.8 Å². The second-order valence-corrected chi connectivity index (χ2v) is 5.60. The standard InChI is InChI=1S/C16H23NO/c1-2-16-11-15(8-9-18-16)17-14-7-6-12-4-3-5-13(12)10-14/h6-7,10,15-17H,2-5,8-9,11H2,1H3. The highest BCUT2D eigenvalue weighted by Gasteiger charge is 2.21. The zero-order chi connectivity index (χ0) is 12.4. The van der Waals surface area contributed by atoms with Crippen molar-refractivity contribution in [2.24, 2.45) is 0 Å². The highest BCUT2D eigenvalue weighted by molar-refractivity contribution is 5.50. The van der Waals surface area contributed by atoms with Crippen LogP contribution in [-0.2, 0) is 17.6 Å². The molecule has 2 aliphatic rings. The number of hydrogen-bond acceptors (Lipinski definition) is 2. The quantitative estimate of drug-likeness (QED) is 0.879. The summed E-state index contributed by atoms with van der Waals surface area (Å²) in [6, 6.07) is 7.50. The molecule has 0 bridgehead atoms. The minimum atomic E-state index is 0.450. The summed E-state index contributed by atoms with van der Waals surface area (Å²) in [7, 11) is 0. The molecule has 1 N–H and O–H groups in total. The van der Waals surface area contributed by atoms with Gasteiger partial charge in [-0.25, -0.2) is 0 Å². The molecule has 1 aliphatic heterocycles. The monoisotopic (exact) mass is 245 g/mol. The molecular formula is C16H23NO. The Morgan fingerprint density at radius 1 is 1.28 bits per heavy atom. The molecule has 0 radical (unpaired) electrons. The van der Waals surface area contributed by atoms with Crippen molar-refractivity contribution < 1.29 is 4.74 Å². The molecule has 1 aromatic carbocycles. The van der Waals surface area contributed by atoms with Gasteiger partial charge >= 0.3 is 0 Å². The van der Waals surface area contributed by atoms with Gasteiger partial charge in [0.25, 0.3) is 0 Å². The number of anilines is 1. The lowest BCUT2D eigenvalue weighted by molar-refractivity contribution is 0.00926. The first kappa shape index (κ1) is 12.0. The van der Waals surface area contributed by atoms with E-state index in [-0.39, 0.29) is 0 Å². The summed E-state index contributed by atoms with van der Waals surface area (Å²) in [6.45, 7) is 3.11. The lowest BCUT2D eigenvalue weighted by atomic mass is 10.0. The Labute approximate surface area is 110 Å². The summed E-state index contributed by atoms with van der Waals surface area (Å²) >= 11 is 0. The Bertz CT molecular complexity index is 416. The first-order chi connectivity index (χ1) is 8.85. The lowest BCUT2D eigenvalue weighted by Crippen LogP contribution is -2.33. The number of hydrogen-bond donors (Lipinski definition) is 1. The molecule has 3 rings (SSSR count). The van der Waals surface area contributed by atoms with E-state index in [9.17, 15) is 0 Å². The van der Waals surface area contributed by atoms with Crippen LogP contribution >= 0.6 is 0 Å². The Morgan fingerprint density at radius 3 is 3.06 bits per heavy atom. The van der Waals surface area contributed by atoms with E-state index in [0.29, 0.717) is 12.1 Å². The smallest absolute Gasteiger partial charge is 0.0592 e. The largest absolute Gasteiger partial charge is 0.382 e. The van der Waals surface area contributed by atoms with Gasteiger partial charge in [-0.3, -0.25) is 0 Å². The molecule has 2 nitrogen and oxygen atoms in total. The van der Waals surface area contributed by atoms with Gasteiger partial charge in [-0.2, -0.15) is 0 Å². The average Bonchev–Trinajstić information content (AvgIpc) is 2.86. The molecule has 0 spiro atoms. The molecule has 2 atom stereocenters. The van der Waals surface area contributed by atoms with Crippen molar-refractivity contribution in [2.75, 3.05) is 11.9 Å². The van der Waals surface area contributed by atoms with Crippen molar-refractivity contribution in [3.63, 3.8) is 0 Å². The SMILES string of the molecule is CCC1CC(Nc2ccc3c(c2)CCC3)CCO1. The van der Waals surface area contributed by atoms with Gasteiger partial charge in [-0.05, 0) is 61.8 Å². The fourth-order valence-corrected chi connectivity index (χ4v) is 3.19. The molecule has 1 aromatic rings. The maximum Gasteiger partial charge on any atom is 0.0592 e. The number of rotatable bonds is 3. The van der Waals surface area contributed by atoms with Crippen LogP contribution in [0.4, 0.5) is 5.69 Å². The first-order valence-corrected chi connectivity index (χ1v) is 7.35. The molecule has 0 amide bonds. The minimum absolute atomic E-state index is 0.450. The average molecular weight is 245 g/mol. The van der Waals surface area contributed by atoms with Crippen molar-refractivity contribution >= 4 is 5.69 Å². The number of nitrogens with one attached hydrogen (secondary N) is 1. The van der Waals surface area contributed by atoms with E-state index < -0.39 is 0 Å². The highest BCUT2D eigenvalue weighted by atomic mass is 16.5. The van der Waals surface area contributed by atoms with Crippen LogP contribution in [0.2, 0.25) is 0 Å². The van der Waals surface area contributed by atoms with Crippen LogP contribution in [0.25, 0.3) is 0 Å². The van der Waals surface area contributed by atoms with E-state index in [4.69, 9.17) is 4.74 Å². The molecule has 1 heterocycles. The zero-order valence-electron chi connectivity index (χ0n) is 11.2. The van der Waals surface area contributed by atoms with E-state index in [1.807, 2.05) is 0 Å². The summed E-state index contributed by atoms with van der Waals surface area (Å²) in [6.07, 6.45) is 7.71. The van der Waals surface area contributed by atoms with Gasteiger partial charge in [-0.15, -0.1) is 0 Å². The number of aryl methyl sites for hydroxylation is 2. The third-order valence-corrected chi connectivity index (χ3v) is 4.29. The molecule has 2 unspecified atom stereocenters. The molecule has 1 fully saturated rings. The molecule has 1 saturated heterocycles. The predicted octanol–water partition coefficient (Wildman–Crippen LogP) is 3.54. The van der Waals surface area contributed by atoms with Crippen molar-refractivity contribution in [2.45, 2.75) is 57.6 Å². The van der Waals surface area contributed by atoms with Crippen LogP contribution in [0.1, 0.15) is 43.7 Å². The van der Waals surface area contributed by atoms with Gasteiger partial charge in [0.15, 0.2) is 0 Å². The second kappa shape index (κ2) is 5.31. The summed E-state index contributed by atoms with van der Waals surface area (Å²) in [5.41, 5.74) is 4.41. The number of ether oxygens (including phenoxy) is 1. The van der Waals surface area contributed by atoms with E-state index >= 15 is 0 Å². The maximum absolute atomic E-state index is 5.73. The molecule has 0 saturated carbocycles. The molecule has 0 aromatic heterocycles. The molecular weight excluding hydrogens is 222 g/mol. The lowest BCUT2D eigenvalue weighted by Gasteiger charge is -2.30. The Morgan fingerprint density at radius 2 is 2.17 bits per heavy atom. The molecule has 18 heavy (non-hydrogen) atoms. The van der Waals surface area contributed by atoms with Crippen LogP contribution in [0, 0.1) is 0 Å². The number of fused-ring (bicyclic) bond motifs is 1. The predicted molar refractivity (Wildman–Crippen MR) is 75.1 cm³/mol.